The number of hydrogen-bond acceptors (Lipinski definition) is 3. The highest BCUT2D eigenvalue weighted by Crippen LogP contribution is 2.17. The van der Waals surface area contributed by atoms with Crippen molar-refractivity contribution in [2.45, 2.75) is 53.1 Å². The van der Waals surface area contributed by atoms with Crippen molar-refractivity contribution < 1.29 is 14.3 Å². The number of aryl methyl sites for hydroxylation is 2. The first-order chi connectivity index (χ1) is 14.0. The van der Waals surface area contributed by atoms with E-state index in [1.807, 2.05) is 76.2 Å². The second-order valence-corrected chi connectivity index (χ2v) is 7.27. The van der Waals surface area contributed by atoms with Gasteiger partial charge in [0.1, 0.15) is 11.8 Å². The van der Waals surface area contributed by atoms with Crippen molar-refractivity contribution in [3.8, 4) is 5.75 Å². The number of nitrogens with one attached hydrogen (secondary N) is 1. The lowest BCUT2D eigenvalue weighted by Gasteiger charge is -2.31. The molecule has 0 aliphatic carbocycles. The van der Waals surface area contributed by atoms with Gasteiger partial charge in [-0.15, -0.1) is 0 Å². The van der Waals surface area contributed by atoms with Crippen molar-refractivity contribution in [3.63, 3.8) is 0 Å². The van der Waals surface area contributed by atoms with Crippen LogP contribution >= 0.6 is 0 Å². The Morgan fingerprint density at radius 2 is 1.83 bits per heavy atom. The molecule has 1 N–H and O–H groups in total. The molecule has 2 aromatic carbocycles. The standard InChI is InChI=1S/C24H32N2O3/c1-5-14-25-24(28)22(6-2)26(16-20-12-8-7-11-19(20)4)23(27)17-29-21-13-9-10-18(3)15-21/h7-13,15,22H,5-6,14,16-17H2,1-4H3,(H,25,28)/t22-/m0/s1. The molecule has 1 atom stereocenters. The fourth-order valence-electron chi connectivity index (χ4n) is 3.19. The van der Waals surface area contributed by atoms with Gasteiger partial charge < -0.3 is 15.0 Å². The summed E-state index contributed by atoms with van der Waals surface area (Å²) in [5.74, 6) is 0.331. The lowest BCUT2D eigenvalue weighted by Crippen LogP contribution is -2.50. The number of carbonyl (C=O) groups is 2. The second-order valence-electron chi connectivity index (χ2n) is 7.27. The van der Waals surface area contributed by atoms with Crippen LogP contribution in [-0.4, -0.2) is 35.9 Å². The van der Waals surface area contributed by atoms with Crippen LogP contribution in [0.1, 0.15) is 43.4 Å². The highest BCUT2D eigenvalue weighted by molar-refractivity contribution is 5.88. The molecule has 5 nitrogen and oxygen atoms in total. The van der Waals surface area contributed by atoms with Gasteiger partial charge in [-0.2, -0.15) is 0 Å². The summed E-state index contributed by atoms with van der Waals surface area (Å²) in [6.07, 6.45) is 1.39. The highest BCUT2D eigenvalue weighted by atomic mass is 16.5. The third-order valence-corrected chi connectivity index (χ3v) is 4.89. The maximum Gasteiger partial charge on any atom is 0.261 e. The minimum atomic E-state index is -0.533. The molecular weight excluding hydrogens is 364 g/mol. The van der Waals surface area contributed by atoms with Crippen LogP contribution < -0.4 is 10.1 Å². The third-order valence-electron chi connectivity index (χ3n) is 4.89. The maximum absolute atomic E-state index is 13.1. The summed E-state index contributed by atoms with van der Waals surface area (Å²) in [6, 6.07) is 15.0. The van der Waals surface area contributed by atoms with Gasteiger partial charge >= 0.3 is 0 Å². The second kappa shape index (κ2) is 11.2. The number of ether oxygens (including phenoxy) is 1. The van der Waals surface area contributed by atoms with Crippen molar-refractivity contribution >= 4 is 11.8 Å². The van der Waals surface area contributed by atoms with Gasteiger partial charge in [-0.25, -0.2) is 0 Å². The molecule has 0 aromatic heterocycles. The topological polar surface area (TPSA) is 58.6 Å². The molecule has 0 aliphatic heterocycles. The Bertz CT molecular complexity index is 819. The van der Waals surface area contributed by atoms with Crippen LogP contribution in [0.4, 0.5) is 0 Å². The van der Waals surface area contributed by atoms with Gasteiger partial charge in [0, 0.05) is 13.1 Å². The molecule has 2 amide bonds. The lowest BCUT2D eigenvalue weighted by molar-refractivity contribution is -0.143. The van der Waals surface area contributed by atoms with Crippen LogP contribution in [0.2, 0.25) is 0 Å². The molecule has 5 heteroatoms. The minimum Gasteiger partial charge on any atom is -0.484 e. The summed E-state index contributed by atoms with van der Waals surface area (Å²) >= 11 is 0. The summed E-state index contributed by atoms with van der Waals surface area (Å²) in [4.78, 5) is 27.5. The van der Waals surface area contributed by atoms with Gasteiger partial charge in [0.05, 0.1) is 0 Å². The van der Waals surface area contributed by atoms with Crippen molar-refractivity contribution in [3.05, 3.63) is 65.2 Å². The van der Waals surface area contributed by atoms with Gasteiger partial charge in [-0.05, 0) is 55.5 Å². The van der Waals surface area contributed by atoms with E-state index in [1.54, 1.807) is 4.90 Å². The van der Waals surface area contributed by atoms with Crippen LogP contribution in [-0.2, 0) is 16.1 Å². The molecule has 0 aliphatic rings. The molecule has 2 rings (SSSR count). The fraction of sp³-hybridized carbons (Fsp3) is 0.417. The largest absolute Gasteiger partial charge is 0.484 e. The molecule has 0 bridgehead atoms. The van der Waals surface area contributed by atoms with E-state index in [1.165, 1.54) is 0 Å². The quantitative estimate of drug-likeness (QED) is 0.660. The number of amides is 2. The maximum atomic E-state index is 13.1. The Kier molecular flexibility index (Phi) is 8.71. The van der Waals surface area contributed by atoms with E-state index in [2.05, 4.69) is 5.32 Å². The Morgan fingerprint density at radius 3 is 2.48 bits per heavy atom. The zero-order valence-electron chi connectivity index (χ0n) is 17.9. The average Bonchev–Trinajstić information content (AvgIpc) is 2.71. The monoisotopic (exact) mass is 396 g/mol. The fourth-order valence-corrected chi connectivity index (χ4v) is 3.19. The number of hydrogen-bond donors (Lipinski definition) is 1. The molecule has 29 heavy (non-hydrogen) atoms. The van der Waals surface area contributed by atoms with E-state index >= 15 is 0 Å². The molecule has 0 unspecified atom stereocenters. The Labute approximate surface area is 174 Å². The summed E-state index contributed by atoms with van der Waals surface area (Å²) in [5.41, 5.74) is 3.18. The van der Waals surface area contributed by atoms with Crippen molar-refractivity contribution in [1.82, 2.24) is 10.2 Å². The molecule has 0 radical (unpaired) electrons. The van der Waals surface area contributed by atoms with E-state index in [4.69, 9.17) is 4.74 Å². The third kappa shape index (κ3) is 6.63. The summed E-state index contributed by atoms with van der Waals surface area (Å²) in [7, 11) is 0. The SMILES string of the molecule is CCCNC(=O)[C@H](CC)N(Cc1ccccc1C)C(=O)COc1cccc(C)c1. The summed E-state index contributed by atoms with van der Waals surface area (Å²) in [6.45, 7) is 8.79. The van der Waals surface area contributed by atoms with Crippen molar-refractivity contribution in [2.24, 2.45) is 0 Å². The van der Waals surface area contributed by atoms with Crippen molar-refractivity contribution in [1.29, 1.82) is 0 Å². The molecule has 0 saturated carbocycles. The zero-order chi connectivity index (χ0) is 21.2. The van der Waals surface area contributed by atoms with Gasteiger partial charge in [0.15, 0.2) is 6.61 Å². The summed E-state index contributed by atoms with van der Waals surface area (Å²) in [5, 5.41) is 2.93. The molecular formula is C24H32N2O3. The average molecular weight is 397 g/mol. The zero-order valence-corrected chi connectivity index (χ0v) is 17.9. The van der Waals surface area contributed by atoms with E-state index in [0.717, 1.165) is 23.1 Å². The van der Waals surface area contributed by atoms with E-state index < -0.39 is 6.04 Å². The highest BCUT2D eigenvalue weighted by Gasteiger charge is 2.29. The molecule has 2 aromatic rings. The molecule has 0 spiro atoms. The van der Waals surface area contributed by atoms with Gasteiger partial charge in [-0.3, -0.25) is 9.59 Å². The Morgan fingerprint density at radius 1 is 1.07 bits per heavy atom. The smallest absolute Gasteiger partial charge is 0.261 e. The van der Waals surface area contributed by atoms with E-state index in [0.29, 0.717) is 25.3 Å². The number of benzene rings is 2. The molecule has 0 saturated heterocycles. The van der Waals surface area contributed by atoms with Gasteiger partial charge in [0.2, 0.25) is 5.91 Å². The lowest BCUT2D eigenvalue weighted by atomic mass is 10.1. The van der Waals surface area contributed by atoms with Crippen LogP contribution in [0, 0.1) is 13.8 Å². The predicted octanol–water partition coefficient (Wildman–Crippen LogP) is 4.02. The first kappa shape index (κ1) is 22.5. The summed E-state index contributed by atoms with van der Waals surface area (Å²) < 4.78 is 5.73. The van der Waals surface area contributed by atoms with Crippen LogP contribution in [0.15, 0.2) is 48.5 Å². The molecule has 0 fully saturated rings. The van der Waals surface area contributed by atoms with Gasteiger partial charge in [-0.1, -0.05) is 50.2 Å². The predicted molar refractivity (Wildman–Crippen MR) is 116 cm³/mol. The van der Waals surface area contributed by atoms with Crippen molar-refractivity contribution in [2.75, 3.05) is 13.2 Å². The Balaban J connectivity index is 2.20. The first-order valence-electron chi connectivity index (χ1n) is 10.3. The molecule has 156 valence electrons. The van der Waals surface area contributed by atoms with Crippen LogP contribution in [0.3, 0.4) is 0 Å². The van der Waals surface area contributed by atoms with E-state index in [9.17, 15) is 9.59 Å². The number of carbonyl (C=O) groups excluding carboxylic acids is 2. The van der Waals surface area contributed by atoms with E-state index in [-0.39, 0.29) is 18.4 Å². The Hall–Kier alpha value is -2.82. The molecule has 0 heterocycles. The van der Waals surface area contributed by atoms with Crippen LogP contribution in [0.25, 0.3) is 0 Å². The minimum absolute atomic E-state index is 0.104. The van der Waals surface area contributed by atoms with Gasteiger partial charge in [0.25, 0.3) is 5.91 Å². The number of nitrogens with zero attached hydrogens (tertiary/aromatic N) is 1. The first-order valence-corrected chi connectivity index (χ1v) is 10.3. The normalized spacial score (nSPS) is 11.6. The van der Waals surface area contributed by atoms with Crippen LogP contribution in [0.5, 0.6) is 5.75 Å². The number of rotatable bonds is 10.